The highest BCUT2D eigenvalue weighted by Crippen LogP contribution is 2.13. The summed E-state index contributed by atoms with van der Waals surface area (Å²) in [5.74, 6) is -0.0866. The molecular formula is C13H19NO2. The summed E-state index contributed by atoms with van der Waals surface area (Å²) in [6.07, 6.45) is -0.410. The first kappa shape index (κ1) is 12.7. The van der Waals surface area contributed by atoms with E-state index < -0.39 is 6.10 Å². The van der Waals surface area contributed by atoms with Crippen molar-refractivity contribution < 1.29 is 9.53 Å². The fraction of sp³-hybridized carbons (Fsp3) is 0.462. The Bertz CT molecular complexity index is 363. The van der Waals surface area contributed by atoms with Crippen LogP contribution < -0.4 is 5.32 Å². The summed E-state index contributed by atoms with van der Waals surface area (Å²) in [6.45, 7) is 5.74. The van der Waals surface area contributed by atoms with E-state index in [0.29, 0.717) is 0 Å². The highest BCUT2D eigenvalue weighted by atomic mass is 16.5. The summed E-state index contributed by atoms with van der Waals surface area (Å²) in [6, 6.07) is 8.12. The van der Waals surface area contributed by atoms with Crippen LogP contribution in [0.4, 0.5) is 0 Å². The number of hydrogen-bond donors (Lipinski definition) is 1. The lowest BCUT2D eigenvalue weighted by atomic mass is 10.1. The van der Waals surface area contributed by atoms with Crippen molar-refractivity contribution in [3.8, 4) is 0 Å². The van der Waals surface area contributed by atoms with Gasteiger partial charge in [0.05, 0.1) is 6.04 Å². The van der Waals surface area contributed by atoms with Crippen LogP contribution in [0, 0.1) is 6.92 Å². The Morgan fingerprint density at radius 1 is 1.38 bits per heavy atom. The van der Waals surface area contributed by atoms with Gasteiger partial charge in [0.15, 0.2) is 0 Å². The van der Waals surface area contributed by atoms with Crippen molar-refractivity contribution in [3.63, 3.8) is 0 Å². The van der Waals surface area contributed by atoms with Gasteiger partial charge < -0.3 is 10.1 Å². The van der Waals surface area contributed by atoms with Crippen molar-refractivity contribution in [2.75, 3.05) is 7.11 Å². The van der Waals surface area contributed by atoms with Crippen LogP contribution in [0.2, 0.25) is 0 Å². The van der Waals surface area contributed by atoms with Gasteiger partial charge in [0.1, 0.15) is 6.10 Å². The first-order valence-electron chi connectivity index (χ1n) is 5.44. The molecular weight excluding hydrogens is 202 g/mol. The molecule has 0 aliphatic heterocycles. The molecule has 0 fully saturated rings. The number of nitrogens with one attached hydrogen (secondary N) is 1. The smallest absolute Gasteiger partial charge is 0.249 e. The van der Waals surface area contributed by atoms with Crippen LogP contribution in [0.15, 0.2) is 24.3 Å². The van der Waals surface area contributed by atoms with Crippen LogP contribution in [0.3, 0.4) is 0 Å². The van der Waals surface area contributed by atoms with Crippen molar-refractivity contribution in [2.45, 2.75) is 32.9 Å². The standard InChI is InChI=1S/C13H19NO2/c1-9-6-5-7-12(8-9)10(2)14-13(15)11(3)16-4/h5-8,10-11H,1-4H3,(H,14,15)/t10-,11?/m0/s1. The van der Waals surface area contributed by atoms with Gasteiger partial charge >= 0.3 is 0 Å². The Morgan fingerprint density at radius 3 is 2.62 bits per heavy atom. The summed E-state index contributed by atoms with van der Waals surface area (Å²) in [5.41, 5.74) is 2.30. The number of aryl methyl sites for hydroxylation is 1. The molecule has 1 aromatic carbocycles. The minimum atomic E-state index is -0.410. The van der Waals surface area contributed by atoms with Crippen LogP contribution in [0.1, 0.15) is 31.0 Å². The van der Waals surface area contributed by atoms with Gasteiger partial charge in [-0.15, -0.1) is 0 Å². The van der Waals surface area contributed by atoms with Crippen LogP contribution >= 0.6 is 0 Å². The summed E-state index contributed by atoms with van der Waals surface area (Å²) in [4.78, 5) is 11.6. The highest BCUT2D eigenvalue weighted by Gasteiger charge is 2.15. The molecule has 0 saturated carbocycles. The molecule has 1 aromatic rings. The van der Waals surface area contributed by atoms with Crippen molar-refractivity contribution in [2.24, 2.45) is 0 Å². The highest BCUT2D eigenvalue weighted by molar-refractivity contribution is 5.80. The number of hydrogen-bond acceptors (Lipinski definition) is 2. The van der Waals surface area contributed by atoms with Gasteiger partial charge in [0, 0.05) is 7.11 Å². The number of benzene rings is 1. The second kappa shape index (κ2) is 5.66. The maximum absolute atomic E-state index is 11.6. The van der Waals surface area contributed by atoms with Crippen LogP contribution in [-0.4, -0.2) is 19.1 Å². The zero-order valence-electron chi connectivity index (χ0n) is 10.3. The SMILES string of the molecule is COC(C)C(=O)N[C@@H](C)c1cccc(C)c1. The number of carbonyl (C=O) groups excluding carboxylic acids is 1. The van der Waals surface area contributed by atoms with Crippen LogP contribution in [-0.2, 0) is 9.53 Å². The second-order valence-corrected chi connectivity index (χ2v) is 4.02. The maximum Gasteiger partial charge on any atom is 0.249 e. The number of ether oxygens (including phenoxy) is 1. The van der Waals surface area contributed by atoms with E-state index in [9.17, 15) is 4.79 Å². The third-order valence-corrected chi connectivity index (χ3v) is 2.62. The fourth-order valence-electron chi connectivity index (χ4n) is 1.46. The van der Waals surface area contributed by atoms with E-state index in [1.165, 1.54) is 12.7 Å². The predicted octanol–water partition coefficient (Wildman–Crippen LogP) is 2.21. The Labute approximate surface area is 96.8 Å². The molecule has 1 N–H and O–H groups in total. The maximum atomic E-state index is 11.6. The monoisotopic (exact) mass is 221 g/mol. The number of rotatable bonds is 4. The Morgan fingerprint density at radius 2 is 2.06 bits per heavy atom. The van der Waals surface area contributed by atoms with E-state index in [2.05, 4.69) is 11.4 Å². The second-order valence-electron chi connectivity index (χ2n) is 4.02. The summed E-state index contributed by atoms with van der Waals surface area (Å²) in [7, 11) is 1.53. The topological polar surface area (TPSA) is 38.3 Å². The van der Waals surface area contributed by atoms with Gasteiger partial charge in [-0.05, 0) is 26.3 Å². The number of methoxy groups -OCH3 is 1. The minimum absolute atomic E-state index is 0.00463. The number of amides is 1. The normalized spacial score (nSPS) is 14.2. The predicted molar refractivity (Wildman–Crippen MR) is 64.2 cm³/mol. The lowest BCUT2D eigenvalue weighted by Gasteiger charge is -2.17. The van der Waals surface area contributed by atoms with Gasteiger partial charge in [-0.2, -0.15) is 0 Å². The van der Waals surface area contributed by atoms with E-state index in [1.807, 2.05) is 32.0 Å². The minimum Gasteiger partial charge on any atom is -0.372 e. The molecule has 0 spiro atoms. The van der Waals surface area contributed by atoms with Gasteiger partial charge in [-0.3, -0.25) is 4.79 Å². The molecule has 0 bridgehead atoms. The molecule has 0 aliphatic carbocycles. The molecule has 16 heavy (non-hydrogen) atoms. The van der Waals surface area contributed by atoms with E-state index in [0.717, 1.165) is 5.56 Å². The Balaban J connectivity index is 2.65. The summed E-state index contributed by atoms with van der Waals surface area (Å²) in [5, 5.41) is 2.91. The van der Waals surface area contributed by atoms with E-state index in [4.69, 9.17) is 4.74 Å². The molecule has 0 radical (unpaired) electrons. The molecule has 1 unspecified atom stereocenters. The van der Waals surface area contributed by atoms with Crippen LogP contribution in [0.5, 0.6) is 0 Å². The lowest BCUT2D eigenvalue weighted by molar-refractivity contribution is -0.130. The van der Waals surface area contributed by atoms with E-state index in [-0.39, 0.29) is 11.9 Å². The lowest BCUT2D eigenvalue weighted by Crippen LogP contribution is -2.35. The molecule has 0 heterocycles. The number of carbonyl (C=O) groups is 1. The van der Waals surface area contributed by atoms with Gasteiger partial charge in [-0.25, -0.2) is 0 Å². The first-order chi connectivity index (χ1) is 7.54. The molecule has 0 saturated heterocycles. The quantitative estimate of drug-likeness (QED) is 0.846. The zero-order valence-corrected chi connectivity index (χ0v) is 10.3. The van der Waals surface area contributed by atoms with Gasteiger partial charge in [-0.1, -0.05) is 29.8 Å². The van der Waals surface area contributed by atoms with Crippen LogP contribution in [0.25, 0.3) is 0 Å². The summed E-state index contributed by atoms with van der Waals surface area (Å²) < 4.78 is 4.96. The molecule has 1 amide bonds. The Hall–Kier alpha value is -1.35. The molecule has 2 atom stereocenters. The first-order valence-corrected chi connectivity index (χ1v) is 5.44. The Kier molecular flexibility index (Phi) is 4.50. The third-order valence-electron chi connectivity index (χ3n) is 2.62. The molecule has 3 heteroatoms. The van der Waals surface area contributed by atoms with Crippen molar-refractivity contribution in [1.82, 2.24) is 5.32 Å². The largest absolute Gasteiger partial charge is 0.372 e. The summed E-state index contributed by atoms with van der Waals surface area (Å²) >= 11 is 0. The molecule has 0 aliphatic rings. The molecule has 88 valence electrons. The average Bonchev–Trinajstić information content (AvgIpc) is 2.27. The van der Waals surface area contributed by atoms with E-state index in [1.54, 1.807) is 6.92 Å². The molecule has 0 aromatic heterocycles. The zero-order chi connectivity index (χ0) is 12.1. The van der Waals surface area contributed by atoms with E-state index >= 15 is 0 Å². The molecule has 3 nitrogen and oxygen atoms in total. The molecule has 1 rings (SSSR count). The third kappa shape index (κ3) is 3.35. The van der Waals surface area contributed by atoms with Gasteiger partial charge in [0.2, 0.25) is 5.91 Å². The van der Waals surface area contributed by atoms with Crippen molar-refractivity contribution in [3.05, 3.63) is 35.4 Å². The average molecular weight is 221 g/mol. The fourth-order valence-corrected chi connectivity index (χ4v) is 1.46. The van der Waals surface area contributed by atoms with Crippen molar-refractivity contribution in [1.29, 1.82) is 0 Å². The van der Waals surface area contributed by atoms with Gasteiger partial charge in [0.25, 0.3) is 0 Å². The van der Waals surface area contributed by atoms with Crippen molar-refractivity contribution >= 4 is 5.91 Å².